The first kappa shape index (κ1) is 2.08. The lowest BCUT2D eigenvalue weighted by atomic mass is 10.1. The highest BCUT2D eigenvalue weighted by molar-refractivity contribution is 4.68. The average molecular weight is 102 g/mol. The van der Waals surface area contributed by atoms with Crippen LogP contribution >= 0.6 is 0 Å². The molecule has 1 aliphatic carbocycles. The Labute approximate surface area is 51.5 Å². The first-order chi connectivity index (χ1) is 5.11. The lowest BCUT2D eigenvalue weighted by Gasteiger charge is -1.96. The highest BCUT2D eigenvalue weighted by atomic mass is 14.2. The molecule has 0 unspecified atom stereocenters. The molecule has 0 aromatic rings. The third-order valence-corrected chi connectivity index (χ3v) is 1.51. The van der Waals surface area contributed by atoms with E-state index in [4.69, 9.17) is 5.48 Å². The smallest absolute Gasteiger partial charge is 0.0233 e. The lowest BCUT2D eigenvalue weighted by molar-refractivity contribution is 0.555. The summed E-state index contributed by atoms with van der Waals surface area (Å²) in [5.74, 6) is 0.247. The van der Waals surface area contributed by atoms with Gasteiger partial charge in [-0.15, -0.1) is 0 Å². The molecule has 0 N–H and O–H groups in total. The van der Waals surface area contributed by atoms with Crippen LogP contribution in [0.1, 0.15) is 38.5 Å². The van der Waals surface area contributed by atoms with Crippen LogP contribution in [0, 0.1) is 11.8 Å². The number of hydrogen-bond donors (Lipinski definition) is 0. The van der Waals surface area contributed by atoms with E-state index in [0.29, 0.717) is 0 Å². The van der Waals surface area contributed by atoms with Crippen molar-refractivity contribution in [3.05, 3.63) is 0 Å². The van der Waals surface area contributed by atoms with Gasteiger partial charge in [0.05, 0.1) is 0 Å². The molecule has 0 spiro atoms. The summed E-state index contributed by atoms with van der Waals surface area (Å²) in [5.41, 5.74) is 0. The minimum absolute atomic E-state index is 0.123. The van der Waals surface area contributed by atoms with E-state index in [9.17, 15) is 0 Å². The van der Waals surface area contributed by atoms with Crippen molar-refractivity contribution in [2.75, 3.05) is 0 Å². The predicted octanol–water partition coefficient (Wildman–Crippen LogP) is 2.44. The standard InChI is InChI=1S/C7H14/c1-6-3-4-7(2)5-6/h6-7H,3-5H2,1-2H3/t6-,7-/m1/s1/i1D2,2D2. The Morgan fingerprint density at radius 3 is 2.14 bits per heavy atom. The van der Waals surface area contributed by atoms with Crippen LogP contribution < -0.4 is 0 Å². The van der Waals surface area contributed by atoms with Crippen LogP contribution in [0.5, 0.6) is 0 Å². The Morgan fingerprint density at radius 1 is 1.29 bits per heavy atom. The number of rotatable bonds is 0. The van der Waals surface area contributed by atoms with Gasteiger partial charge in [0.1, 0.15) is 0 Å². The van der Waals surface area contributed by atoms with Crippen LogP contribution in [0.2, 0.25) is 0 Å². The van der Waals surface area contributed by atoms with Crippen molar-refractivity contribution in [1.82, 2.24) is 0 Å². The van der Waals surface area contributed by atoms with Crippen molar-refractivity contribution >= 4 is 0 Å². The highest BCUT2D eigenvalue weighted by Crippen LogP contribution is 2.29. The second-order valence-corrected chi connectivity index (χ2v) is 2.33. The van der Waals surface area contributed by atoms with Crippen LogP contribution in [0.15, 0.2) is 0 Å². The molecule has 1 aliphatic rings. The van der Waals surface area contributed by atoms with Gasteiger partial charge in [-0.2, -0.15) is 0 Å². The van der Waals surface area contributed by atoms with E-state index in [1.54, 1.807) is 0 Å². The van der Waals surface area contributed by atoms with Crippen molar-refractivity contribution in [2.24, 2.45) is 11.8 Å². The van der Waals surface area contributed by atoms with E-state index in [1.165, 1.54) is 0 Å². The Morgan fingerprint density at radius 2 is 1.86 bits per heavy atom. The zero-order chi connectivity index (χ0) is 8.43. The van der Waals surface area contributed by atoms with Gasteiger partial charge in [0.15, 0.2) is 0 Å². The van der Waals surface area contributed by atoms with Crippen molar-refractivity contribution in [1.29, 1.82) is 0 Å². The summed E-state index contributed by atoms with van der Waals surface area (Å²) in [7, 11) is 0. The van der Waals surface area contributed by atoms with Gasteiger partial charge in [0, 0.05) is 5.48 Å². The molecule has 1 fully saturated rings. The van der Waals surface area contributed by atoms with Gasteiger partial charge in [-0.05, 0) is 18.3 Å². The van der Waals surface area contributed by atoms with Crippen molar-refractivity contribution < 1.29 is 5.48 Å². The first-order valence-electron chi connectivity index (χ1n) is 5.11. The fourth-order valence-corrected chi connectivity index (χ4v) is 1.05. The molecule has 0 aliphatic heterocycles. The summed E-state index contributed by atoms with van der Waals surface area (Å²) in [5, 5.41) is 0. The van der Waals surface area contributed by atoms with E-state index < -0.39 is 13.8 Å². The molecule has 42 valence electrons. The Kier molecular flexibility index (Phi) is 0.551. The topological polar surface area (TPSA) is 0 Å². The minimum atomic E-state index is -0.751. The zero-order valence-corrected chi connectivity index (χ0v) is 4.43. The van der Waals surface area contributed by atoms with E-state index >= 15 is 0 Å². The van der Waals surface area contributed by atoms with Gasteiger partial charge in [-0.25, -0.2) is 0 Å². The maximum Gasteiger partial charge on any atom is 0.0233 e. The molecule has 0 radical (unpaired) electrons. The molecule has 7 heavy (non-hydrogen) atoms. The van der Waals surface area contributed by atoms with Crippen molar-refractivity contribution in [3.63, 3.8) is 0 Å². The van der Waals surface area contributed by atoms with Gasteiger partial charge in [-0.3, -0.25) is 0 Å². The van der Waals surface area contributed by atoms with Gasteiger partial charge < -0.3 is 0 Å². The van der Waals surface area contributed by atoms with E-state index in [2.05, 4.69) is 0 Å². The molecule has 0 heteroatoms. The normalized spacial score (nSPS) is 51.1. The van der Waals surface area contributed by atoms with Crippen LogP contribution in [-0.2, 0) is 0 Å². The molecule has 0 nitrogen and oxygen atoms in total. The molecule has 0 aromatic heterocycles. The Hall–Kier alpha value is 0. The predicted molar refractivity (Wildman–Crippen MR) is 32.2 cm³/mol. The lowest BCUT2D eigenvalue weighted by Crippen LogP contribution is -1.84. The van der Waals surface area contributed by atoms with Gasteiger partial charge in [-0.1, -0.05) is 26.6 Å². The highest BCUT2D eigenvalue weighted by Gasteiger charge is 2.15. The maximum absolute atomic E-state index is 7.15. The Balaban J connectivity index is 2.35. The monoisotopic (exact) mass is 102 g/mol. The van der Waals surface area contributed by atoms with E-state index in [0.717, 1.165) is 19.3 Å². The molecule has 1 saturated carbocycles. The first-order valence-corrected chi connectivity index (χ1v) is 2.80. The van der Waals surface area contributed by atoms with Crippen molar-refractivity contribution in [3.8, 4) is 0 Å². The summed E-state index contributed by atoms with van der Waals surface area (Å²) >= 11 is 0. The van der Waals surface area contributed by atoms with E-state index in [-0.39, 0.29) is 11.8 Å². The second kappa shape index (κ2) is 1.85. The van der Waals surface area contributed by atoms with Crippen LogP contribution in [0.4, 0.5) is 0 Å². The second-order valence-electron chi connectivity index (χ2n) is 2.33. The molecule has 0 amide bonds. The SMILES string of the molecule is [2H]C([2H])[C@@H]1CC[C@@H](C([2H])[2H])C1. The van der Waals surface area contributed by atoms with Gasteiger partial charge in [0.25, 0.3) is 0 Å². The van der Waals surface area contributed by atoms with E-state index in [1.807, 2.05) is 0 Å². The molecule has 0 heterocycles. The summed E-state index contributed by atoms with van der Waals surface area (Å²) in [4.78, 5) is 0. The molecule has 0 saturated heterocycles. The Bertz CT molecular complexity index is 110. The summed E-state index contributed by atoms with van der Waals surface area (Å²) < 4.78 is 28.6. The fourth-order valence-electron chi connectivity index (χ4n) is 1.05. The molecule has 0 bridgehead atoms. The number of hydrogen-bond acceptors (Lipinski definition) is 0. The van der Waals surface area contributed by atoms with Crippen LogP contribution in [-0.4, -0.2) is 0 Å². The summed E-state index contributed by atoms with van der Waals surface area (Å²) in [6.07, 6.45) is 2.49. The van der Waals surface area contributed by atoms with Crippen LogP contribution in [0.25, 0.3) is 0 Å². The molecule has 2 atom stereocenters. The molecule has 0 aromatic carbocycles. The third-order valence-electron chi connectivity index (χ3n) is 1.51. The maximum atomic E-state index is 7.15. The average Bonchev–Trinajstić information content (AvgIpc) is 2.33. The minimum Gasteiger partial charge on any atom is -0.0625 e. The quantitative estimate of drug-likeness (QED) is 0.440. The largest absolute Gasteiger partial charge is 0.0625 e. The van der Waals surface area contributed by atoms with Gasteiger partial charge in [0.2, 0.25) is 0 Å². The summed E-state index contributed by atoms with van der Waals surface area (Å²) in [6, 6.07) is 0. The van der Waals surface area contributed by atoms with Crippen molar-refractivity contribution in [2.45, 2.75) is 33.0 Å². The zero-order valence-electron chi connectivity index (χ0n) is 8.43. The molecular weight excluding hydrogens is 84.1 g/mol. The molecule has 1 rings (SSSR count). The summed E-state index contributed by atoms with van der Waals surface area (Å²) in [6.45, 7) is -1.50. The van der Waals surface area contributed by atoms with Crippen LogP contribution in [0.3, 0.4) is 0 Å². The van der Waals surface area contributed by atoms with Gasteiger partial charge >= 0.3 is 0 Å². The fraction of sp³-hybridized carbons (Fsp3) is 1.00. The molecular formula is C7H14. The third kappa shape index (κ3) is 1.19.